The van der Waals surface area contributed by atoms with Crippen LogP contribution in [0.5, 0.6) is 5.75 Å². The smallest absolute Gasteiger partial charge is 0.297 e. The van der Waals surface area contributed by atoms with Gasteiger partial charge in [0.15, 0.2) is 0 Å². The fraction of sp³-hybridized carbons (Fsp3) is 0.222. The molecule has 132 valence electrons. The fourth-order valence-corrected chi connectivity index (χ4v) is 4.62. The van der Waals surface area contributed by atoms with E-state index in [2.05, 4.69) is 11.1 Å². The number of phenols is 1. The minimum atomic E-state index is -3.86. The first-order chi connectivity index (χ1) is 12.0. The third-order valence-corrected chi connectivity index (χ3v) is 6.27. The number of aromatic nitrogens is 1. The van der Waals surface area contributed by atoms with Crippen LogP contribution in [-0.2, 0) is 20.1 Å². The van der Waals surface area contributed by atoms with Crippen LogP contribution < -0.4 is 0 Å². The molecule has 0 saturated heterocycles. The van der Waals surface area contributed by atoms with Gasteiger partial charge in [0.05, 0.1) is 6.61 Å². The molecule has 0 spiro atoms. The second-order valence-electron chi connectivity index (χ2n) is 5.64. The van der Waals surface area contributed by atoms with E-state index in [9.17, 15) is 13.5 Å². The van der Waals surface area contributed by atoms with Crippen molar-refractivity contribution >= 4 is 32.8 Å². The van der Waals surface area contributed by atoms with Crippen molar-refractivity contribution in [3.05, 3.63) is 59.8 Å². The van der Waals surface area contributed by atoms with Crippen molar-refractivity contribution in [2.75, 3.05) is 12.4 Å². The minimum absolute atomic E-state index is 0.00845. The molecule has 0 saturated carbocycles. The maximum atomic E-state index is 12.2. The number of rotatable bonds is 7. The Morgan fingerprint density at radius 3 is 2.84 bits per heavy atom. The van der Waals surface area contributed by atoms with E-state index in [1.54, 1.807) is 24.8 Å². The fourth-order valence-electron chi connectivity index (χ4n) is 2.56. The minimum Gasteiger partial charge on any atom is -0.508 e. The van der Waals surface area contributed by atoms with Gasteiger partial charge in [0.2, 0.25) is 0 Å². The number of nitrogens with one attached hydrogen (secondary N) is 1. The zero-order valence-corrected chi connectivity index (χ0v) is 15.4. The van der Waals surface area contributed by atoms with Gasteiger partial charge in [0.25, 0.3) is 10.1 Å². The molecule has 25 heavy (non-hydrogen) atoms. The first-order valence-electron chi connectivity index (χ1n) is 7.79. The first kappa shape index (κ1) is 17.8. The summed E-state index contributed by atoms with van der Waals surface area (Å²) < 4.78 is 29.5. The van der Waals surface area contributed by atoms with Gasteiger partial charge in [-0.1, -0.05) is 24.3 Å². The van der Waals surface area contributed by atoms with Gasteiger partial charge in [-0.2, -0.15) is 20.2 Å². The van der Waals surface area contributed by atoms with Gasteiger partial charge < -0.3 is 10.1 Å². The summed E-state index contributed by atoms with van der Waals surface area (Å²) in [4.78, 5) is 3.23. The second-order valence-corrected chi connectivity index (χ2v) is 8.33. The standard InChI is InChI=1S/C18H19NO4S2/c1-13-6-7-15(20)10-18(13)25(21,22)23-8-9-24-12-14-11-19-17-5-3-2-4-16(14)17/h2-7,10-11,19-20H,8-9,12H2,1H3. The molecule has 0 bridgehead atoms. The third kappa shape index (κ3) is 4.18. The molecule has 2 aromatic carbocycles. The monoisotopic (exact) mass is 377 g/mol. The Bertz CT molecular complexity index is 980. The first-order valence-corrected chi connectivity index (χ1v) is 10.4. The number of aromatic amines is 1. The van der Waals surface area contributed by atoms with E-state index in [1.807, 2.05) is 24.4 Å². The summed E-state index contributed by atoms with van der Waals surface area (Å²) in [6.45, 7) is 1.76. The van der Waals surface area contributed by atoms with Crippen molar-refractivity contribution in [2.24, 2.45) is 0 Å². The normalized spacial score (nSPS) is 11.9. The van der Waals surface area contributed by atoms with Crippen LogP contribution in [0.2, 0.25) is 0 Å². The predicted molar refractivity (Wildman–Crippen MR) is 100 cm³/mol. The highest BCUT2D eigenvalue weighted by Gasteiger charge is 2.18. The molecule has 0 amide bonds. The Balaban J connectivity index is 1.53. The van der Waals surface area contributed by atoms with Crippen LogP contribution in [-0.4, -0.2) is 30.9 Å². The molecule has 3 aromatic rings. The molecule has 0 fully saturated rings. The highest BCUT2D eigenvalue weighted by atomic mass is 32.2. The van der Waals surface area contributed by atoms with Crippen molar-refractivity contribution in [3.8, 4) is 5.75 Å². The molecule has 0 aliphatic carbocycles. The number of phenolic OH excluding ortho intramolecular Hbond substituents is 1. The second kappa shape index (κ2) is 7.51. The Labute approximate surface area is 151 Å². The van der Waals surface area contributed by atoms with Crippen molar-refractivity contribution < 1.29 is 17.7 Å². The zero-order valence-electron chi connectivity index (χ0n) is 13.7. The van der Waals surface area contributed by atoms with Gasteiger partial charge in [0.1, 0.15) is 10.6 Å². The third-order valence-electron chi connectivity index (χ3n) is 3.84. The molecule has 0 atom stereocenters. The molecule has 5 nitrogen and oxygen atoms in total. The van der Waals surface area contributed by atoms with Gasteiger partial charge in [-0.15, -0.1) is 0 Å². The van der Waals surface area contributed by atoms with Gasteiger partial charge in [-0.25, -0.2) is 0 Å². The molecule has 2 N–H and O–H groups in total. The molecule has 1 aromatic heterocycles. The molecule has 7 heteroatoms. The van der Waals surface area contributed by atoms with E-state index < -0.39 is 10.1 Å². The number of hydrogen-bond acceptors (Lipinski definition) is 5. The van der Waals surface area contributed by atoms with Crippen LogP contribution in [0.1, 0.15) is 11.1 Å². The molecular weight excluding hydrogens is 358 g/mol. The van der Waals surface area contributed by atoms with Crippen LogP contribution in [0, 0.1) is 6.92 Å². The number of thioether (sulfide) groups is 1. The Hall–Kier alpha value is -1.96. The van der Waals surface area contributed by atoms with Crippen LogP contribution in [0.25, 0.3) is 10.9 Å². The number of fused-ring (bicyclic) bond motifs is 1. The summed E-state index contributed by atoms with van der Waals surface area (Å²) in [5.41, 5.74) is 2.83. The summed E-state index contributed by atoms with van der Waals surface area (Å²) in [5, 5.41) is 10.7. The highest BCUT2D eigenvalue weighted by molar-refractivity contribution is 7.98. The lowest BCUT2D eigenvalue weighted by atomic mass is 10.2. The molecule has 3 rings (SSSR count). The molecule has 0 radical (unpaired) electrons. The Morgan fingerprint density at radius 2 is 2.00 bits per heavy atom. The molecule has 0 aliphatic rings. The summed E-state index contributed by atoms with van der Waals surface area (Å²) in [6.07, 6.45) is 1.98. The number of aromatic hydroxyl groups is 1. The van der Waals surface area contributed by atoms with Gasteiger partial charge in [0, 0.05) is 34.7 Å². The van der Waals surface area contributed by atoms with E-state index in [0.717, 1.165) is 11.3 Å². The summed E-state index contributed by atoms with van der Waals surface area (Å²) >= 11 is 1.61. The lowest BCUT2D eigenvalue weighted by molar-refractivity contribution is 0.340. The lowest BCUT2D eigenvalue weighted by Crippen LogP contribution is -2.10. The van der Waals surface area contributed by atoms with E-state index >= 15 is 0 Å². The van der Waals surface area contributed by atoms with E-state index in [4.69, 9.17) is 4.18 Å². The number of aryl methyl sites for hydroxylation is 1. The lowest BCUT2D eigenvalue weighted by Gasteiger charge is -2.08. The molecule has 1 heterocycles. The molecule has 0 unspecified atom stereocenters. The topological polar surface area (TPSA) is 79.4 Å². The van der Waals surface area contributed by atoms with Crippen LogP contribution >= 0.6 is 11.8 Å². The van der Waals surface area contributed by atoms with Gasteiger partial charge in [-0.3, -0.25) is 4.18 Å². The number of para-hydroxylation sites is 1. The summed E-state index contributed by atoms with van der Waals surface area (Å²) in [6, 6.07) is 12.3. The van der Waals surface area contributed by atoms with E-state index in [-0.39, 0.29) is 17.3 Å². The van der Waals surface area contributed by atoms with Crippen molar-refractivity contribution in [1.29, 1.82) is 0 Å². The SMILES string of the molecule is Cc1ccc(O)cc1S(=O)(=O)OCCSCc1c[nH]c2ccccc12. The zero-order chi connectivity index (χ0) is 17.9. The van der Waals surface area contributed by atoms with Crippen LogP contribution in [0.15, 0.2) is 53.6 Å². The van der Waals surface area contributed by atoms with Gasteiger partial charge in [-0.05, 0) is 30.2 Å². The van der Waals surface area contributed by atoms with E-state index in [0.29, 0.717) is 11.3 Å². The quantitative estimate of drug-likeness (QED) is 0.483. The van der Waals surface area contributed by atoms with Crippen LogP contribution in [0.3, 0.4) is 0 Å². The maximum absolute atomic E-state index is 12.2. The number of hydrogen-bond donors (Lipinski definition) is 2. The largest absolute Gasteiger partial charge is 0.508 e. The van der Waals surface area contributed by atoms with E-state index in [1.165, 1.54) is 23.1 Å². The maximum Gasteiger partial charge on any atom is 0.297 e. The van der Waals surface area contributed by atoms with Crippen molar-refractivity contribution in [2.45, 2.75) is 17.6 Å². The average molecular weight is 377 g/mol. The molecular formula is C18H19NO4S2. The van der Waals surface area contributed by atoms with Crippen LogP contribution in [0.4, 0.5) is 0 Å². The predicted octanol–water partition coefficient (Wildman–Crippen LogP) is 3.82. The number of benzene rings is 2. The molecule has 0 aliphatic heterocycles. The van der Waals surface area contributed by atoms with Gasteiger partial charge >= 0.3 is 0 Å². The summed E-state index contributed by atoms with van der Waals surface area (Å²) in [7, 11) is -3.86. The highest BCUT2D eigenvalue weighted by Crippen LogP contribution is 2.24. The average Bonchev–Trinajstić information content (AvgIpc) is 3.00. The van der Waals surface area contributed by atoms with Crippen molar-refractivity contribution in [3.63, 3.8) is 0 Å². The summed E-state index contributed by atoms with van der Waals surface area (Å²) in [5.74, 6) is 1.23. The Morgan fingerprint density at radius 1 is 1.20 bits per heavy atom. The Kier molecular flexibility index (Phi) is 5.36. The number of H-pyrrole nitrogens is 1. The van der Waals surface area contributed by atoms with Crippen molar-refractivity contribution in [1.82, 2.24) is 4.98 Å².